The van der Waals surface area contributed by atoms with Crippen molar-refractivity contribution in [3.63, 3.8) is 0 Å². The number of benzene rings is 1. The number of hydrogen-bond acceptors (Lipinski definition) is 3. The average Bonchev–Trinajstić information content (AvgIpc) is 2.83. The van der Waals surface area contributed by atoms with Crippen LogP contribution in [-0.2, 0) is 28.9 Å². The molecule has 24 heavy (non-hydrogen) atoms. The Bertz CT molecular complexity index is 801. The van der Waals surface area contributed by atoms with Crippen LogP contribution in [0.5, 0.6) is 0 Å². The molecule has 0 saturated carbocycles. The highest BCUT2D eigenvalue weighted by Crippen LogP contribution is 2.31. The number of H-pyrrole nitrogens is 1. The van der Waals surface area contributed by atoms with Crippen LogP contribution in [0.4, 0.5) is 4.79 Å². The van der Waals surface area contributed by atoms with Crippen LogP contribution in [0, 0.1) is 0 Å². The Balaban J connectivity index is 1.95. The van der Waals surface area contributed by atoms with Gasteiger partial charge in [-0.15, -0.1) is 0 Å². The van der Waals surface area contributed by atoms with Crippen LogP contribution in [0.2, 0.25) is 0 Å². The van der Waals surface area contributed by atoms with E-state index >= 15 is 0 Å². The minimum absolute atomic E-state index is 0.0337. The molecule has 6 nitrogen and oxygen atoms in total. The molecule has 0 saturated heterocycles. The lowest BCUT2D eigenvalue weighted by Gasteiger charge is -2.30. The van der Waals surface area contributed by atoms with Gasteiger partial charge in [-0.05, 0) is 32.4 Å². The summed E-state index contributed by atoms with van der Waals surface area (Å²) in [5.41, 5.74) is 3.22. The van der Waals surface area contributed by atoms with Gasteiger partial charge < -0.3 is 19.7 Å². The summed E-state index contributed by atoms with van der Waals surface area (Å²) < 4.78 is 5.46. The lowest BCUT2D eigenvalue weighted by atomic mass is 9.99. The van der Waals surface area contributed by atoms with Crippen molar-refractivity contribution in [3.05, 3.63) is 35.0 Å². The summed E-state index contributed by atoms with van der Waals surface area (Å²) in [6.45, 7) is 6.55. The second-order valence-corrected chi connectivity index (χ2v) is 7.14. The number of aromatic nitrogens is 1. The highest BCUT2D eigenvalue weighted by atomic mass is 16.6. The van der Waals surface area contributed by atoms with Crippen molar-refractivity contribution in [2.75, 3.05) is 6.54 Å². The number of carbonyl (C=O) groups is 2. The summed E-state index contributed by atoms with van der Waals surface area (Å²) in [7, 11) is 0. The minimum Gasteiger partial charge on any atom is -0.481 e. The Labute approximate surface area is 140 Å². The molecule has 128 valence electrons. The van der Waals surface area contributed by atoms with Gasteiger partial charge in [0, 0.05) is 35.1 Å². The number of rotatable bonds is 2. The summed E-state index contributed by atoms with van der Waals surface area (Å²) in [6.07, 6.45) is 0.335. The van der Waals surface area contributed by atoms with Crippen LogP contribution in [0.15, 0.2) is 18.2 Å². The molecule has 1 aliphatic rings. The number of carboxylic acid groups (broad SMARTS) is 1. The number of nitrogens with one attached hydrogen (secondary N) is 1. The first-order chi connectivity index (χ1) is 11.2. The zero-order chi connectivity index (χ0) is 17.5. The van der Waals surface area contributed by atoms with E-state index in [-0.39, 0.29) is 12.5 Å². The fraction of sp³-hybridized carbons (Fsp3) is 0.444. The smallest absolute Gasteiger partial charge is 0.410 e. The average molecular weight is 330 g/mol. The number of fused-ring (bicyclic) bond motifs is 3. The zero-order valence-electron chi connectivity index (χ0n) is 14.2. The first-order valence-corrected chi connectivity index (χ1v) is 8.05. The summed E-state index contributed by atoms with van der Waals surface area (Å²) in [5, 5.41) is 10.1. The topological polar surface area (TPSA) is 82.6 Å². The maximum Gasteiger partial charge on any atom is 0.410 e. The second kappa shape index (κ2) is 5.85. The van der Waals surface area contributed by atoms with Gasteiger partial charge in [-0.25, -0.2) is 4.79 Å². The molecule has 1 amide bonds. The highest BCUT2D eigenvalue weighted by Gasteiger charge is 2.28. The van der Waals surface area contributed by atoms with E-state index in [2.05, 4.69) is 4.98 Å². The van der Waals surface area contributed by atoms with Gasteiger partial charge in [-0.2, -0.15) is 0 Å². The predicted octanol–water partition coefficient (Wildman–Crippen LogP) is 3.09. The summed E-state index contributed by atoms with van der Waals surface area (Å²) in [4.78, 5) is 28.5. The monoisotopic (exact) mass is 330 g/mol. The van der Waals surface area contributed by atoms with Crippen molar-refractivity contribution in [1.82, 2.24) is 9.88 Å². The summed E-state index contributed by atoms with van der Waals surface area (Å²) in [5.74, 6) is -0.864. The summed E-state index contributed by atoms with van der Waals surface area (Å²) in [6, 6.07) is 5.63. The number of nitrogens with zero attached hydrogens (tertiary/aromatic N) is 1. The molecule has 0 radical (unpaired) electrons. The molecule has 0 bridgehead atoms. The third-order valence-corrected chi connectivity index (χ3v) is 4.08. The standard InChI is InChI=1S/C18H22N2O4/c1-18(2,3)24-17(23)20-8-7-13-12(10-20)16-11(9-15(21)22)5-4-6-14(16)19-13/h4-6,19H,7-10H2,1-3H3,(H,21,22). The molecule has 2 heterocycles. The van der Waals surface area contributed by atoms with Gasteiger partial charge in [0.2, 0.25) is 0 Å². The second-order valence-electron chi connectivity index (χ2n) is 7.14. The molecule has 3 rings (SSSR count). The van der Waals surface area contributed by atoms with Gasteiger partial charge in [0.15, 0.2) is 0 Å². The molecule has 6 heteroatoms. The lowest BCUT2D eigenvalue weighted by Crippen LogP contribution is -2.39. The van der Waals surface area contributed by atoms with Gasteiger partial charge in [0.05, 0.1) is 13.0 Å². The SMILES string of the molecule is CC(C)(C)OC(=O)N1CCc2[nH]c3cccc(CC(=O)O)c3c2C1. The van der Waals surface area contributed by atoms with Gasteiger partial charge in [-0.1, -0.05) is 12.1 Å². The fourth-order valence-electron chi connectivity index (χ4n) is 3.15. The van der Waals surface area contributed by atoms with Crippen LogP contribution in [0.3, 0.4) is 0 Å². The van der Waals surface area contributed by atoms with Crippen LogP contribution < -0.4 is 0 Å². The van der Waals surface area contributed by atoms with Gasteiger partial charge in [0.25, 0.3) is 0 Å². The maximum atomic E-state index is 12.3. The van der Waals surface area contributed by atoms with Crippen LogP contribution in [0.1, 0.15) is 37.6 Å². The first kappa shape index (κ1) is 16.4. The van der Waals surface area contributed by atoms with E-state index in [4.69, 9.17) is 9.84 Å². The molecule has 1 aromatic heterocycles. The number of aliphatic carboxylic acids is 1. The largest absolute Gasteiger partial charge is 0.481 e. The fourth-order valence-corrected chi connectivity index (χ4v) is 3.15. The van der Waals surface area contributed by atoms with Crippen molar-refractivity contribution in [2.45, 2.75) is 45.8 Å². The quantitative estimate of drug-likeness (QED) is 0.886. The van der Waals surface area contributed by atoms with Crippen molar-refractivity contribution in [3.8, 4) is 0 Å². The third-order valence-electron chi connectivity index (χ3n) is 4.08. The Morgan fingerprint density at radius 2 is 2.08 bits per heavy atom. The Kier molecular flexibility index (Phi) is 3.99. The van der Waals surface area contributed by atoms with Gasteiger partial charge >= 0.3 is 12.1 Å². The molecule has 0 aliphatic carbocycles. The molecular weight excluding hydrogens is 308 g/mol. The minimum atomic E-state index is -0.864. The number of amides is 1. The maximum absolute atomic E-state index is 12.3. The molecule has 0 spiro atoms. The first-order valence-electron chi connectivity index (χ1n) is 8.05. The van der Waals surface area contributed by atoms with E-state index < -0.39 is 11.6 Å². The zero-order valence-corrected chi connectivity index (χ0v) is 14.2. The number of ether oxygens (including phenoxy) is 1. The summed E-state index contributed by atoms with van der Waals surface area (Å²) >= 11 is 0. The number of aromatic amines is 1. The van der Waals surface area contributed by atoms with E-state index in [1.807, 2.05) is 39.0 Å². The van der Waals surface area contributed by atoms with Crippen molar-refractivity contribution in [1.29, 1.82) is 0 Å². The van der Waals surface area contributed by atoms with Gasteiger partial charge in [0.1, 0.15) is 5.60 Å². The van der Waals surface area contributed by atoms with Crippen molar-refractivity contribution in [2.24, 2.45) is 0 Å². The predicted molar refractivity (Wildman–Crippen MR) is 90.0 cm³/mol. The van der Waals surface area contributed by atoms with Crippen LogP contribution >= 0.6 is 0 Å². The molecular formula is C18H22N2O4. The highest BCUT2D eigenvalue weighted by molar-refractivity contribution is 5.91. The third kappa shape index (κ3) is 3.22. The van der Waals surface area contributed by atoms with Crippen LogP contribution in [-0.4, -0.2) is 39.2 Å². The number of carbonyl (C=O) groups excluding carboxylic acids is 1. The van der Waals surface area contributed by atoms with E-state index in [1.165, 1.54) is 0 Å². The Hall–Kier alpha value is -2.50. The molecule has 0 fully saturated rings. The van der Waals surface area contributed by atoms with Crippen LogP contribution in [0.25, 0.3) is 10.9 Å². The molecule has 1 aliphatic heterocycles. The Morgan fingerprint density at radius 3 is 2.75 bits per heavy atom. The molecule has 1 aromatic carbocycles. The lowest BCUT2D eigenvalue weighted by molar-refractivity contribution is -0.136. The van der Waals surface area contributed by atoms with E-state index in [1.54, 1.807) is 4.90 Å². The number of carboxylic acids is 1. The van der Waals surface area contributed by atoms with Gasteiger partial charge in [-0.3, -0.25) is 4.79 Å². The molecule has 0 unspecified atom stereocenters. The normalized spacial score (nSPS) is 14.5. The van der Waals surface area contributed by atoms with E-state index in [0.717, 1.165) is 27.7 Å². The number of hydrogen-bond donors (Lipinski definition) is 2. The molecule has 2 aromatic rings. The molecule has 2 N–H and O–H groups in total. The van der Waals surface area contributed by atoms with Crippen molar-refractivity contribution >= 4 is 23.0 Å². The van der Waals surface area contributed by atoms with E-state index in [9.17, 15) is 9.59 Å². The molecule has 0 atom stereocenters. The van der Waals surface area contributed by atoms with E-state index in [0.29, 0.717) is 19.5 Å². The Morgan fingerprint density at radius 1 is 1.33 bits per heavy atom. The van der Waals surface area contributed by atoms with Crippen molar-refractivity contribution < 1.29 is 19.4 Å².